The molecular weight excluding hydrogens is 216 g/mol. The van der Waals surface area contributed by atoms with Crippen molar-refractivity contribution in [2.75, 3.05) is 6.61 Å². The lowest BCUT2D eigenvalue weighted by Gasteiger charge is -2.58. The van der Waals surface area contributed by atoms with Gasteiger partial charge in [-0.05, 0) is 44.4 Å². The fraction of sp³-hybridized carbons (Fsp3) is 0.857. The Balaban J connectivity index is 2.08. The van der Waals surface area contributed by atoms with Crippen molar-refractivity contribution in [1.29, 1.82) is 0 Å². The lowest BCUT2D eigenvalue weighted by Crippen LogP contribution is -2.58. The molecule has 3 nitrogen and oxygen atoms in total. The minimum absolute atomic E-state index is 0.107. The van der Waals surface area contributed by atoms with Crippen LogP contribution in [0.5, 0.6) is 0 Å². The lowest BCUT2D eigenvalue weighted by atomic mass is 9.44. The molecule has 3 heteroatoms. The van der Waals surface area contributed by atoms with Crippen molar-refractivity contribution in [2.45, 2.75) is 58.8 Å². The zero-order valence-electron chi connectivity index (χ0n) is 10.9. The molecule has 2 saturated carbocycles. The summed E-state index contributed by atoms with van der Waals surface area (Å²) < 4.78 is 5.12. The standard InChI is InChI=1S/C14H22O3/c1-3-6-11(15)14(12(16)17-4-2)9-13(10-14)7-5-8-13/h3-10H2,1-2H3. The molecule has 0 aromatic carbocycles. The summed E-state index contributed by atoms with van der Waals surface area (Å²) in [6, 6.07) is 0. The molecular formula is C14H22O3. The third-order valence-electron chi connectivity index (χ3n) is 4.44. The molecule has 0 aromatic heterocycles. The van der Waals surface area contributed by atoms with Gasteiger partial charge >= 0.3 is 5.97 Å². The average molecular weight is 238 g/mol. The Morgan fingerprint density at radius 2 is 1.82 bits per heavy atom. The summed E-state index contributed by atoms with van der Waals surface area (Å²) in [5.41, 5.74) is -0.456. The van der Waals surface area contributed by atoms with Crippen molar-refractivity contribution in [1.82, 2.24) is 0 Å². The molecule has 2 fully saturated rings. The van der Waals surface area contributed by atoms with Gasteiger partial charge in [0.25, 0.3) is 0 Å². The Bertz CT molecular complexity index is 300. The molecule has 17 heavy (non-hydrogen) atoms. The van der Waals surface area contributed by atoms with Gasteiger partial charge in [-0.1, -0.05) is 13.3 Å². The predicted octanol–water partition coefficient (Wildman–Crippen LogP) is 2.87. The number of hydrogen-bond acceptors (Lipinski definition) is 3. The van der Waals surface area contributed by atoms with Crippen LogP contribution in [-0.4, -0.2) is 18.4 Å². The number of carbonyl (C=O) groups is 2. The summed E-state index contributed by atoms with van der Waals surface area (Å²) in [5, 5.41) is 0. The van der Waals surface area contributed by atoms with E-state index < -0.39 is 5.41 Å². The molecule has 2 aliphatic carbocycles. The van der Waals surface area contributed by atoms with Gasteiger partial charge in [0.05, 0.1) is 6.61 Å². The Labute approximate surface area is 103 Å². The highest BCUT2D eigenvalue weighted by Crippen LogP contribution is 2.65. The van der Waals surface area contributed by atoms with Crippen molar-refractivity contribution < 1.29 is 14.3 Å². The summed E-state index contributed by atoms with van der Waals surface area (Å²) in [4.78, 5) is 24.2. The first-order valence-electron chi connectivity index (χ1n) is 6.79. The first-order chi connectivity index (χ1) is 8.08. The third-order valence-corrected chi connectivity index (χ3v) is 4.44. The Kier molecular flexibility index (Phi) is 3.28. The highest BCUT2D eigenvalue weighted by atomic mass is 16.5. The summed E-state index contributed by atoms with van der Waals surface area (Å²) in [6.07, 6.45) is 6.44. The smallest absolute Gasteiger partial charge is 0.319 e. The maximum Gasteiger partial charge on any atom is 0.319 e. The van der Waals surface area contributed by atoms with Crippen molar-refractivity contribution in [3.8, 4) is 0 Å². The van der Waals surface area contributed by atoms with Gasteiger partial charge < -0.3 is 4.74 Å². The van der Waals surface area contributed by atoms with Gasteiger partial charge in [-0.2, -0.15) is 0 Å². The molecule has 2 rings (SSSR count). The largest absolute Gasteiger partial charge is 0.465 e. The van der Waals surface area contributed by atoms with E-state index in [-0.39, 0.29) is 11.8 Å². The summed E-state index contributed by atoms with van der Waals surface area (Å²) in [7, 11) is 0. The maximum absolute atomic E-state index is 12.2. The van der Waals surface area contributed by atoms with E-state index in [9.17, 15) is 9.59 Å². The molecule has 0 radical (unpaired) electrons. The minimum Gasteiger partial charge on any atom is -0.465 e. The van der Waals surface area contributed by atoms with Crippen molar-refractivity contribution >= 4 is 11.8 Å². The van der Waals surface area contributed by atoms with E-state index in [1.807, 2.05) is 6.92 Å². The second-order valence-corrected chi connectivity index (χ2v) is 5.68. The SMILES string of the molecule is CCCC(=O)C1(C(=O)OCC)CC2(CCC2)C1. The molecule has 0 atom stereocenters. The van der Waals surface area contributed by atoms with E-state index in [0.29, 0.717) is 18.4 Å². The number of Topliss-reactive ketones (excluding diaryl/α,β-unsaturated/α-hetero) is 1. The molecule has 0 aromatic rings. The number of ketones is 1. The van der Waals surface area contributed by atoms with Crippen LogP contribution in [0.25, 0.3) is 0 Å². The summed E-state index contributed by atoms with van der Waals surface area (Å²) >= 11 is 0. The van der Waals surface area contributed by atoms with Gasteiger partial charge in [-0.15, -0.1) is 0 Å². The van der Waals surface area contributed by atoms with E-state index in [1.54, 1.807) is 6.92 Å². The first-order valence-corrected chi connectivity index (χ1v) is 6.79. The number of carbonyl (C=O) groups excluding carboxylic acids is 2. The van der Waals surface area contributed by atoms with Gasteiger partial charge in [-0.25, -0.2) is 0 Å². The highest BCUT2D eigenvalue weighted by Gasteiger charge is 2.64. The van der Waals surface area contributed by atoms with Crippen LogP contribution in [0.4, 0.5) is 0 Å². The molecule has 0 aliphatic heterocycles. The van der Waals surface area contributed by atoms with Crippen LogP contribution in [0.3, 0.4) is 0 Å². The minimum atomic E-state index is -0.771. The topological polar surface area (TPSA) is 43.4 Å². The van der Waals surface area contributed by atoms with Gasteiger partial charge in [-0.3, -0.25) is 9.59 Å². The quantitative estimate of drug-likeness (QED) is 0.546. The van der Waals surface area contributed by atoms with Gasteiger partial charge in [0, 0.05) is 6.42 Å². The average Bonchev–Trinajstić information content (AvgIpc) is 2.14. The Morgan fingerprint density at radius 1 is 1.18 bits per heavy atom. The van der Waals surface area contributed by atoms with E-state index in [2.05, 4.69) is 0 Å². The van der Waals surface area contributed by atoms with Crippen molar-refractivity contribution in [3.05, 3.63) is 0 Å². The number of ether oxygens (including phenoxy) is 1. The van der Waals surface area contributed by atoms with Crippen LogP contribution in [0.1, 0.15) is 58.8 Å². The van der Waals surface area contributed by atoms with Gasteiger partial charge in [0.1, 0.15) is 11.2 Å². The van der Waals surface area contributed by atoms with Crippen LogP contribution < -0.4 is 0 Å². The Hall–Kier alpha value is -0.860. The molecule has 0 amide bonds. The third kappa shape index (κ3) is 1.90. The zero-order valence-corrected chi connectivity index (χ0v) is 10.9. The molecule has 96 valence electrons. The normalized spacial score (nSPS) is 23.6. The number of hydrogen-bond donors (Lipinski definition) is 0. The van der Waals surface area contributed by atoms with Crippen molar-refractivity contribution in [3.63, 3.8) is 0 Å². The highest BCUT2D eigenvalue weighted by molar-refractivity contribution is 6.05. The van der Waals surface area contributed by atoms with Crippen LogP contribution in [-0.2, 0) is 14.3 Å². The maximum atomic E-state index is 12.2. The molecule has 0 N–H and O–H groups in total. The van der Waals surface area contributed by atoms with Crippen molar-refractivity contribution in [2.24, 2.45) is 10.8 Å². The molecule has 0 heterocycles. The van der Waals surface area contributed by atoms with Gasteiger partial charge in [0.2, 0.25) is 0 Å². The van der Waals surface area contributed by atoms with Crippen LogP contribution in [0.15, 0.2) is 0 Å². The first kappa shape index (κ1) is 12.6. The monoisotopic (exact) mass is 238 g/mol. The fourth-order valence-corrected chi connectivity index (χ4v) is 3.45. The Morgan fingerprint density at radius 3 is 2.24 bits per heavy atom. The van der Waals surface area contributed by atoms with E-state index in [0.717, 1.165) is 19.3 Å². The number of rotatable bonds is 5. The van der Waals surface area contributed by atoms with E-state index in [4.69, 9.17) is 4.74 Å². The predicted molar refractivity (Wildman–Crippen MR) is 64.5 cm³/mol. The van der Waals surface area contributed by atoms with E-state index in [1.165, 1.54) is 19.3 Å². The molecule has 0 unspecified atom stereocenters. The number of esters is 1. The fourth-order valence-electron chi connectivity index (χ4n) is 3.45. The lowest BCUT2D eigenvalue weighted by molar-refractivity contribution is -0.184. The second-order valence-electron chi connectivity index (χ2n) is 5.68. The van der Waals surface area contributed by atoms with E-state index >= 15 is 0 Å². The molecule has 0 bridgehead atoms. The van der Waals surface area contributed by atoms with Crippen LogP contribution >= 0.6 is 0 Å². The van der Waals surface area contributed by atoms with Crippen LogP contribution in [0, 0.1) is 10.8 Å². The summed E-state index contributed by atoms with van der Waals surface area (Å²) in [5.74, 6) is -0.160. The zero-order chi connectivity index (χ0) is 12.5. The summed E-state index contributed by atoms with van der Waals surface area (Å²) in [6.45, 7) is 4.15. The van der Waals surface area contributed by atoms with Gasteiger partial charge in [0.15, 0.2) is 0 Å². The second kappa shape index (κ2) is 4.43. The molecule has 0 saturated heterocycles. The van der Waals surface area contributed by atoms with Crippen LogP contribution in [0.2, 0.25) is 0 Å². The molecule has 2 aliphatic rings. The molecule has 1 spiro atoms.